The Labute approximate surface area is 122 Å². The van der Waals surface area contributed by atoms with E-state index in [9.17, 15) is 8.42 Å². The molecule has 104 valence electrons. The molecule has 7 heteroatoms. The van der Waals surface area contributed by atoms with E-state index in [-0.39, 0.29) is 10.0 Å². The summed E-state index contributed by atoms with van der Waals surface area (Å²) in [6.07, 6.45) is 5.28. The molecule has 0 atom stereocenters. The largest absolute Gasteiger partial charge is 0.279 e. The molecule has 0 aliphatic rings. The number of rotatable bonds is 3. The lowest BCUT2D eigenvalue weighted by molar-refractivity contribution is 0.600. The normalized spacial score (nSPS) is 11.1. The number of nitrogens with zero attached hydrogens (tertiary/aromatic N) is 2. The highest BCUT2D eigenvalue weighted by Crippen LogP contribution is 2.26. The van der Waals surface area contributed by atoms with Gasteiger partial charge in [-0.1, -0.05) is 23.6 Å². The summed E-state index contributed by atoms with van der Waals surface area (Å²) in [4.78, 5) is -0.0345. The summed E-state index contributed by atoms with van der Waals surface area (Å²) >= 11 is 5.97. The van der Waals surface area contributed by atoms with E-state index in [2.05, 4.69) is 15.7 Å². The van der Waals surface area contributed by atoms with Gasteiger partial charge in [0.2, 0.25) is 0 Å². The molecular formula is C13H12ClN3O2S. The number of hydrogen-bond donors (Lipinski definition) is 1. The third kappa shape index (κ3) is 2.64. The number of aryl methyl sites for hydroxylation is 2. The molecule has 0 amide bonds. The van der Waals surface area contributed by atoms with Gasteiger partial charge in [0.05, 0.1) is 11.4 Å². The summed E-state index contributed by atoms with van der Waals surface area (Å²) in [7, 11) is -2.24. The molecule has 0 unspecified atom stereocenters. The van der Waals surface area contributed by atoms with Crippen LogP contribution in [0.1, 0.15) is 11.3 Å². The Hall–Kier alpha value is -1.97. The number of anilines is 1. The van der Waals surface area contributed by atoms with Crippen LogP contribution in [0.3, 0.4) is 0 Å². The van der Waals surface area contributed by atoms with Gasteiger partial charge in [0.1, 0.15) is 10.0 Å². The smallest absolute Gasteiger partial charge is 0.266 e. The maximum atomic E-state index is 12.4. The topological polar surface area (TPSA) is 64.0 Å². The highest BCUT2D eigenvalue weighted by atomic mass is 35.5. The standard InChI is InChI=1S/C13H12ClN3O2S/c1-4-10-6-5-7-11(8-10)16-20(18,19)12-9(2)15-17(3)13(12)14/h1,5-8,16H,2-3H3. The summed E-state index contributed by atoms with van der Waals surface area (Å²) in [5.74, 6) is 2.44. The minimum atomic E-state index is -3.81. The van der Waals surface area contributed by atoms with E-state index in [0.717, 1.165) is 0 Å². The van der Waals surface area contributed by atoms with Crippen LogP contribution in [0.2, 0.25) is 5.15 Å². The molecule has 0 aliphatic heterocycles. The second kappa shape index (κ2) is 5.19. The molecule has 1 heterocycles. The van der Waals surface area contributed by atoms with Crippen molar-refractivity contribution < 1.29 is 8.42 Å². The second-order valence-corrected chi connectivity index (χ2v) is 6.14. The van der Waals surface area contributed by atoms with Crippen LogP contribution in [0.5, 0.6) is 0 Å². The van der Waals surface area contributed by atoms with Crippen LogP contribution in [0.4, 0.5) is 5.69 Å². The van der Waals surface area contributed by atoms with Gasteiger partial charge in [0.15, 0.2) is 0 Å². The number of nitrogens with one attached hydrogen (secondary N) is 1. The van der Waals surface area contributed by atoms with Gasteiger partial charge >= 0.3 is 0 Å². The van der Waals surface area contributed by atoms with E-state index in [1.54, 1.807) is 38.2 Å². The fourth-order valence-corrected chi connectivity index (χ4v) is 3.60. The lowest BCUT2D eigenvalue weighted by Crippen LogP contribution is -2.14. The monoisotopic (exact) mass is 309 g/mol. The van der Waals surface area contributed by atoms with Crippen molar-refractivity contribution >= 4 is 27.3 Å². The molecule has 5 nitrogen and oxygen atoms in total. The lowest BCUT2D eigenvalue weighted by Gasteiger charge is -2.08. The van der Waals surface area contributed by atoms with Gasteiger partial charge in [0, 0.05) is 12.6 Å². The molecule has 0 spiro atoms. The van der Waals surface area contributed by atoms with Crippen LogP contribution >= 0.6 is 11.6 Å². The van der Waals surface area contributed by atoms with E-state index in [1.807, 2.05) is 0 Å². The molecule has 0 radical (unpaired) electrons. The molecule has 0 bridgehead atoms. The van der Waals surface area contributed by atoms with Crippen LogP contribution in [0.25, 0.3) is 0 Å². The molecule has 1 N–H and O–H groups in total. The second-order valence-electron chi connectivity index (χ2n) is 4.16. The van der Waals surface area contributed by atoms with Gasteiger partial charge in [-0.05, 0) is 25.1 Å². The number of aromatic nitrogens is 2. The van der Waals surface area contributed by atoms with Crippen molar-refractivity contribution in [2.24, 2.45) is 7.05 Å². The zero-order chi connectivity index (χ0) is 14.9. The Kier molecular flexibility index (Phi) is 3.75. The van der Waals surface area contributed by atoms with Crippen molar-refractivity contribution in [1.29, 1.82) is 0 Å². The van der Waals surface area contributed by atoms with Crippen molar-refractivity contribution in [3.63, 3.8) is 0 Å². The van der Waals surface area contributed by atoms with Crippen molar-refractivity contribution in [3.05, 3.63) is 40.7 Å². The highest BCUT2D eigenvalue weighted by Gasteiger charge is 2.25. The molecule has 1 aromatic heterocycles. The third-order valence-electron chi connectivity index (χ3n) is 2.65. The quantitative estimate of drug-likeness (QED) is 0.884. The Bertz CT molecular complexity index is 804. The highest BCUT2D eigenvalue weighted by molar-refractivity contribution is 7.92. The van der Waals surface area contributed by atoms with Gasteiger partial charge in [0.25, 0.3) is 10.0 Å². The minimum Gasteiger partial charge on any atom is -0.279 e. The van der Waals surface area contributed by atoms with Crippen molar-refractivity contribution in [3.8, 4) is 12.3 Å². The van der Waals surface area contributed by atoms with Gasteiger partial charge in [-0.3, -0.25) is 9.40 Å². The number of halogens is 1. The van der Waals surface area contributed by atoms with E-state index in [1.165, 1.54) is 4.68 Å². The summed E-state index contributed by atoms with van der Waals surface area (Å²) in [5.41, 5.74) is 1.29. The average Bonchev–Trinajstić information content (AvgIpc) is 2.63. The Morgan fingerprint density at radius 1 is 1.45 bits per heavy atom. The third-order valence-corrected chi connectivity index (χ3v) is 4.73. The van der Waals surface area contributed by atoms with Crippen LogP contribution in [0.15, 0.2) is 29.2 Å². The summed E-state index contributed by atoms with van der Waals surface area (Å²) in [5, 5.41) is 4.04. The molecule has 0 saturated carbocycles. The molecule has 2 rings (SSSR count). The van der Waals surface area contributed by atoms with Crippen LogP contribution < -0.4 is 4.72 Å². The Morgan fingerprint density at radius 2 is 2.15 bits per heavy atom. The number of benzene rings is 1. The predicted octanol–water partition coefficient (Wildman–Crippen LogP) is 2.16. The van der Waals surface area contributed by atoms with E-state index >= 15 is 0 Å². The first-order chi connectivity index (χ1) is 9.35. The van der Waals surface area contributed by atoms with Crippen LogP contribution in [0, 0.1) is 19.3 Å². The molecule has 2 aromatic rings. The molecule has 0 fully saturated rings. The average molecular weight is 310 g/mol. The molecular weight excluding hydrogens is 298 g/mol. The first-order valence-corrected chi connectivity index (χ1v) is 7.50. The molecule has 0 aliphatic carbocycles. The first-order valence-electron chi connectivity index (χ1n) is 5.64. The van der Waals surface area contributed by atoms with Gasteiger partial charge in [-0.25, -0.2) is 8.42 Å². The fraction of sp³-hybridized carbons (Fsp3) is 0.154. The maximum Gasteiger partial charge on any atom is 0.266 e. The summed E-state index contributed by atoms with van der Waals surface area (Å²) in [6, 6.07) is 6.56. The van der Waals surface area contributed by atoms with Crippen LogP contribution in [-0.2, 0) is 17.1 Å². The molecule has 20 heavy (non-hydrogen) atoms. The van der Waals surface area contributed by atoms with Crippen molar-refractivity contribution in [1.82, 2.24) is 9.78 Å². The zero-order valence-corrected chi connectivity index (χ0v) is 12.5. The van der Waals surface area contributed by atoms with Gasteiger partial charge < -0.3 is 0 Å². The number of sulfonamides is 1. The van der Waals surface area contributed by atoms with E-state index in [4.69, 9.17) is 18.0 Å². The SMILES string of the molecule is C#Cc1cccc(NS(=O)(=O)c2c(C)nn(C)c2Cl)c1. The Balaban J connectivity index is 2.44. The van der Waals surface area contributed by atoms with E-state index in [0.29, 0.717) is 16.9 Å². The lowest BCUT2D eigenvalue weighted by atomic mass is 10.2. The zero-order valence-electron chi connectivity index (χ0n) is 10.9. The number of terminal acetylenes is 1. The molecule has 0 saturated heterocycles. The van der Waals surface area contributed by atoms with Crippen molar-refractivity contribution in [2.45, 2.75) is 11.8 Å². The maximum absolute atomic E-state index is 12.4. The fourth-order valence-electron chi connectivity index (χ4n) is 1.79. The first kappa shape index (κ1) is 14.4. The van der Waals surface area contributed by atoms with Gasteiger partial charge in [-0.15, -0.1) is 6.42 Å². The predicted molar refractivity (Wildman–Crippen MR) is 78.1 cm³/mol. The van der Waals surface area contributed by atoms with Crippen LogP contribution in [-0.4, -0.2) is 18.2 Å². The van der Waals surface area contributed by atoms with Crippen molar-refractivity contribution in [2.75, 3.05) is 4.72 Å². The summed E-state index contributed by atoms with van der Waals surface area (Å²) < 4.78 is 28.5. The summed E-state index contributed by atoms with van der Waals surface area (Å²) in [6.45, 7) is 1.58. The van der Waals surface area contributed by atoms with Gasteiger partial charge in [-0.2, -0.15) is 5.10 Å². The minimum absolute atomic E-state index is 0.0345. The Morgan fingerprint density at radius 3 is 2.70 bits per heavy atom. The number of hydrogen-bond acceptors (Lipinski definition) is 3. The van der Waals surface area contributed by atoms with E-state index < -0.39 is 10.0 Å². The molecule has 1 aromatic carbocycles.